The van der Waals surface area contributed by atoms with E-state index in [4.69, 9.17) is 5.26 Å². The lowest BCUT2D eigenvalue weighted by atomic mass is 10.1. The van der Waals surface area contributed by atoms with Crippen molar-refractivity contribution in [1.29, 1.82) is 5.26 Å². The second-order valence-corrected chi connectivity index (χ2v) is 5.00. The quantitative estimate of drug-likeness (QED) is 0.569. The van der Waals surface area contributed by atoms with Crippen LogP contribution >= 0.6 is 0 Å². The lowest BCUT2D eigenvalue weighted by molar-refractivity contribution is -0.393. The van der Waals surface area contributed by atoms with Crippen molar-refractivity contribution in [1.82, 2.24) is 0 Å². The van der Waals surface area contributed by atoms with Crippen molar-refractivity contribution in [3.05, 3.63) is 74.3 Å². The van der Waals surface area contributed by atoms with E-state index < -0.39 is 9.85 Å². The fourth-order valence-corrected chi connectivity index (χ4v) is 2.31. The van der Waals surface area contributed by atoms with Gasteiger partial charge in [-0.2, -0.15) is 5.26 Å². The fraction of sp³-hybridized carbons (Fsp3) is 0.188. The smallest absolute Gasteiger partial charge is 0.299 e. The van der Waals surface area contributed by atoms with E-state index in [1.807, 2.05) is 36.4 Å². The van der Waals surface area contributed by atoms with Crippen molar-refractivity contribution in [2.24, 2.45) is 0 Å². The van der Waals surface area contributed by atoms with Crippen LogP contribution in [0.1, 0.15) is 12.0 Å². The highest BCUT2D eigenvalue weighted by Gasteiger charge is 2.23. The van der Waals surface area contributed by atoms with Gasteiger partial charge in [-0.05, 0) is 11.6 Å². The molecule has 0 fully saturated rings. The van der Waals surface area contributed by atoms with E-state index in [-0.39, 0.29) is 30.0 Å². The van der Waals surface area contributed by atoms with E-state index in [2.05, 4.69) is 0 Å². The van der Waals surface area contributed by atoms with Gasteiger partial charge in [-0.3, -0.25) is 20.2 Å². The normalized spacial score (nSPS) is 9.96. The van der Waals surface area contributed by atoms with Gasteiger partial charge >= 0.3 is 0 Å². The Balaban J connectivity index is 2.43. The molecule has 0 atom stereocenters. The second kappa shape index (κ2) is 7.69. The van der Waals surface area contributed by atoms with Gasteiger partial charge in [-0.15, -0.1) is 0 Å². The Bertz CT molecular complexity index is 786. The minimum Gasteiger partial charge on any atom is -0.361 e. The van der Waals surface area contributed by atoms with E-state index in [0.717, 1.165) is 11.6 Å². The maximum Gasteiger partial charge on any atom is 0.299 e. The first kappa shape index (κ1) is 16.9. The first-order valence-corrected chi connectivity index (χ1v) is 7.11. The number of rotatable bonds is 7. The van der Waals surface area contributed by atoms with Crippen molar-refractivity contribution in [3.8, 4) is 6.07 Å². The molecule has 0 aliphatic carbocycles. The third kappa shape index (κ3) is 4.04. The van der Waals surface area contributed by atoms with Crippen LogP contribution in [-0.4, -0.2) is 16.4 Å². The molecule has 2 aromatic carbocycles. The number of anilines is 1. The molecule has 0 aliphatic heterocycles. The molecular weight excluding hydrogens is 312 g/mol. The molecule has 2 rings (SSSR count). The summed E-state index contributed by atoms with van der Waals surface area (Å²) in [6.07, 6.45) is 0.182. The summed E-state index contributed by atoms with van der Waals surface area (Å²) in [6.45, 7) is 0.644. The number of nitro groups is 2. The minimum atomic E-state index is -0.673. The summed E-state index contributed by atoms with van der Waals surface area (Å²) in [6, 6.07) is 14.8. The highest BCUT2D eigenvalue weighted by molar-refractivity contribution is 5.67. The van der Waals surface area contributed by atoms with Crippen LogP contribution in [0.3, 0.4) is 0 Å². The van der Waals surface area contributed by atoms with Crippen LogP contribution in [-0.2, 0) is 6.54 Å². The largest absolute Gasteiger partial charge is 0.361 e. The van der Waals surface area contributed by atoms with E-state index in [0.29, 0.717) is 6.54 Å². The number of hydrogen-bond acceptors (Lipinski definition) is 6. The van der Waals surface area contributed by atoms with Crippen molar-refractivity contribution < 1.29 is 9.85 Å². The molecule has 0 heterocycles. The Morgan fingerprint density at radius 3 is 2.33 bits per heavy atom. The molecule has 0 spiro atoms. The first-order valence-electron chi connectivity index (χ1n) is 7.11. The summed E-state index contributed by atoms with van der Waals surface area (Å²) in [7, 11) is 0. The van der Waals surface area contributed by atoms with Crippen molar-refractivity contribution in [2.45, 2.75) is 13.0 Å². The molecule has 0 saturated carbocycles. The predicted molar refractivity (Wildman–Crippen MR) is 87.5 cm³/mol. The summed E-state index contributed by atoms with van der Waals surface area (Å²) >= 11 is 0. The SMILES string of the molecule is N#CCCN(Cc1ccccc1)c1ccc([N+](=O)[O-])cc1[N+](=O)[O-]. The molecule has 8 heteroatoms. The lowest BCUT2D eigenvalue weighted by Gasteiger charge is -2.23. The van der Waals surface area contributed by atoms with Crippen LogP contribution in [0, 0.1) is 31.6 Å². The molecule has 0 amide bonds. The molecule has 8 nitrogen and oxygen atoms in total. The van der Waals surface area contributed by atoms with E-state index >= 15 is 0 Å². The van der Waals surface area contributed by atoms with Crippen molar-refractivity contribution >= 4 is 17.1 Å². The molecule has 0 unspecified atom stereocenters. The monoisotopic (exact) mass is 326 g/mol. The molecule has 0 N–H and O–H groups in total. The van der Waals surface area contributed by atoms with Crippen LogP contribution in [0.25, 0.3) is 0 Å². The highest BCUT2D eigenvalue weighted by Crippen LogP contribution is 2.33. The van der Waals surface area contributed by atoms with Gasteiger partial charge in [0.2, 0.25) is 0 Å². The van der Waals surface area contributed by atoms with Crippen LogP contribution < -0.4 is 4.90 Å². The highest BCUT2D eigenvalue weighted by atomic mass is 16.6. The molecule has 0 saturated heterocycles. The number of nitro benzene ring substituents is 2. The molecule has 2 aromatic rings. The number of nitriles is 1. The van der Waals surface area contributed by atoms with Crippen molar-refractivity contribution in [2.75, 3.05) is 11.4 Å². The molecule has 0 aromatic heterocycles. The maximum atomic E-state index is 11.3. The van der Waals surface area contributed by atoms with E-state index in [1.165, 1.54) is 12.1 Å². The Labute approximate surface area is 137 Å². The van der Waals surface area contributed by atoms with Crippen LogP contribution in [0.5, 0.6) is 0 Å². The number of non-ortho nitro benzene ring substituents is 1. The van der Waals surface area contributed by atoms with Crippen LogP contribution in [0.4, 0.5) is 17.1 Å². The zero-order chi connectivity index (χ0) is 17.5. The fourth-order valence-electron chi connectivity index (χ4n) is 2.31. The van der Waals surface area contributed by atoms with Gasteiger partial charge in [0.1, 0.15) is 5.69 Å². The Morgan fingerprint density at radius 1 is 1.04 bits per heavy atom. The Hall–Kier alpha value is -3.47. The first-order chi connectivity index (χ1) is 11.5. The predicted octanol–water partition coefficient (Wildman–Crippen LogP) is 3.42. The molecule has 0 bridgehead atoms. The average Bonchev–Trinajstić information content (AvgIpc) is 2.58. The van der Waals surface area contributed by atoms with Gasteiger partial charge in [-0.25, -0.2) is 0 Å². The standard InChI is InChI=1S/C16H14N4O4/c17-9-4-10-18(12-13-5-2-1-3-6-13)15-8-7-14(19(21)22)11-16(15)20(23)24/h1-3,5-8,11H,4,10,12H2. The maximum absolute atomic E-state index is 11.3. The zero-order valence-electron chi connectivity index (χ0n) is 12.7. The Morgan fingerprint density at radius 2 is 1.75 bits per heavy atom. The molecular formula is C16H14N4O4. The van der Waals surface area contributed by atoms with Gasteiger partial charge in [0.25, 0.3) is 11.4 Å². The minimum absolute atomic E-state index is 0.182. The second-order valence-electron chi connectivity index (χ2n) is 5.00. The lowest BCUT2D eigenvalue weighted by Crippen LogP contribution is -2.24. The summed E-state index contributed by atoms with van der Waals surface area (Å²) < 4.78 is 0. The number of nitrogens with zero attached hydrogens (tertiary/aromatic N) is 4. The average molecular weight is 326 g/mol. The summed E-state index contributed by atoms with van der Waals surface area (Å²) in [5.41, 5.74) is 0.483. The van der Waals surface area contributed by atoms with Gasteiger partial charge < -0.3 is 4.90 Å². The third-order valence-electron chi connectivity index (χ3n) is 3.42. The zero-order valence-corrected chi connectivity index (χ0v) is 12.7. The Kier molecular flexibility index (Phi) is 5.41. The topological polar surface area (TPSA) is 113 Å². The van der Waals surface area contributed by atoms with E-state index in [1.54, 1.807) is 4.90 Å². The molecule has 122 valence electrons. The van der Waals surface area contributed by atoms with E-state index in [9.17, 15) is 20.2 Å². The van der Waals surface area contributed by atoms with Gasteiger partial charge in [0, 0.05) is 19.2 Å². The summed E-state index contributed by atoms with van der Waals surface area (Å²) in [5.74, 6) is 0. The van der Waals surface area contributed by atoms with Gasteiger partial charge in [0.05, 0.1) is 28.4 Å². The number of hydrogen-bond donors (Lipinski definition) is 0. The van der Waals surface area contributed by atoms with Crippen molar-refractivity contribution in [3.63, 3.8) is 0 Å². The summed E-state index contributed by atoms with van der Waals surface area (Å²) in [5, 5.41) is 31.0. The molecule has 0 radical (unpaired) electrons. The molecule has 24 heavy (non-hydrogen) atoms. The van der Waals surface area contributed by atoms with Gasteiger partial charge in [-0.1, -0.05) is 30.3 Å². The molecule has 0 aliphatic rings. The number of benzene rings is 2. The third-order valence-corrected chi connectivity index (χ3v) is 3.42. The van der Waals surface area contributed by atoms with Crippen LogP contribution in [0.2, 0.25) is 0 Å². The van der Waals surface area contributed by atoms with Crippen LogP contribution in [0.15, 0.2) is 48.5 Å². The summed E-state index contributed by atoms with van der Waals surface area (Å²) in [4.78, 5) is 22.5. The van der Waals surface area contributed by atoms with Gasteiger partial charge in [0.15, 0.2) is 0 Å².